The van der Waals surface area contributed by atoms with Crippen LogP contribution in [-0.2, 0) is 6.54 Å². The van der Waals surface area contributed by atoms with Crippen LogP contribution in [0.4, 0.5) is 5.95 Å². The van der Waals surface area contributed by atoms with E-state index in [1.165, 1.54) is 0 Å². The number of pyridine rings is 1. The van der Waals surface area contributed by atoms with Crippen molar-refractivity contribution < 1.29 is 0 Å². The molecule has 2 aliphatic rings. The summed E-state index contributed by atoms with van der Waals surface area (Å²) in [6, 6.07) is 13.5. The zero-order valence-electron chi connectivity index (χ0n) is 10.2. The first-order chi connectivity index (χ1) is 9.24. The van der Waals surface area contributed by atoms with Crippen LogP contribution in [0.15, 0.2) is 53.5 Å². The molecule has 0 amide bonds. The van der Waals surface area contributed by atoms with Gasteiger partial charge in [0, 0.05) is 12.7 Å². The minimum absolute atomic E-state index is 0.00510. The summed E-state index contributed by atoms with van der Waals surface area (Å²) in [7, 11) is 0. The molecule has 0 aliphatic carbocycles. The Morgan fingerprint density at radius 3 is 2.63 bits per heavy atom. The molecule has 0 saturated heterocycles. The van der Waals surface area contributed by atoms with Crippen molar-refractivity contribution in [2.75, 3.05) is 5.73 Å². The van der Waals surface area contributed by atoms with Crippen LogP contribution in [0.1, 0.15) is 5.56 Å². The number of fused-ring (bicyclic) bond motifs is 1. The van der Waals surface area contributed by atoms with Crippen LogP contribution in [0.5, 0.6) is 0 Å². The van der Waals surface area contributed by atoms with Gasteiger partial charge in [-0.25, -0.2) is 0 Å². The second-order valence-electron chi connectivity index (χ2n) is 4.25. The second-order valence-corrected chi connectivity index (χ2v) is 4.25. The van der Waals surface area contributed by atoms with Crippen molar-refractivity contribution in [2.45, 2.75) is 6.54 Å². The van der Waals surface area contributed by atoms with E-state index in [-0.39, 0.29) is 11.5 Å². The van der Waals surface area contributed by atoms with Gasteiger partial charge in [0.2, 0.25) is 5.95 Å². The van der Waals surface area contributed by atoms with Crippen LogP contribution in [0.3, 0.4) is 0 Å². The number of hydrogen-bond donors (Lipinski definition) is 1. The van der Waals surface area contributed by atoms with Gasteiger partial charge in [-0.2, -0.15) is 9.97 Å². The molecule has 5 heteroatoms. The van der Waals surface area contributed by atoms with Crippen molar-refractivity contribution in [3.63, 3.8) is 0 Å². The van der Waals surface area contributed by atoms with Gasteiger partial charge >= 0.3 is 0 Å². The molecule has 0 aromatic heterocycles. The molecule has 0 atom stereocenters. The quantitative estimate of drug-likeness (QED) is 0.747. The Kier molecular flexibility index (Phi) is 2.72. The third kappa shape index (κ3) is 2.18. The largest absolute Gasteiger partial charge is 0.368 e. The standard InChI is InChI=1S/C14H12N4O/c15-14-16-12-11(13(19)17-14)7-4-8-18(12)9-10-5-2-1-3-6-10/h1-8H,9H2,(H2,15,17,19). The number of rotatable bonds is 2. The molecule has 0 radical (unpaired) electrons. The number of anilines is 1. The van der Waals surface area contributed by atoms with Gasteiger partial charge in [0.25, 0.3) is 5.56 Å². The Hall–Kier alpha value is -2.69. The van der Waals surface area contributed by atoms with E-state index in [1.54, 1.807) is 6.07 Å². The lowest BCUT2D eigenvalue weighted by Gasteiger charge is -2.13. The zero-order valence-corrected chi connectivity index (χ0v) is 10.2. The van der Waals surface area contributed by atoms with Crippen molar-refractivity contribution in [3.05, 3.63) is 64.6 Å². The third-order valence-corrected chi connectivity index (χ3v) is 2.90. The van der Waals surface area contributed by atoms with Crippen molar-refractivity contribution in [3.8, 4) is 11.4 Å². The zero-order chi connectivity index (χ0) is 13.2. The number of nitrogen functional groups attached to an aromatic ring is 1. The molecular formula is C14H12N4O. The van der Waals surface area contributed by atoms with E-state index in [1.807, 2.05) is 47.2 Å². The predicted octanol–water partition coefficient (Wildman–Crippen LogP) is 1.37. The molecule has 2 heterocycles. The predicted molar refractivity (Wildman–Crippen MR) is 72.9 cm³/mol. The van der Waals surface area contributed by atoms with Gasteiger partial charge < -0.3 is 10.3 Å². The van der Waals surface area contributed by atoms with Crippen LogP contribution < -0.4 is 11.3 Å². The molecule has 19 heavy (non-hydrogen) atoms. The van der Waals surface area contributed by atoms with Gasteiger partial charge in [0.05, 0.1) is 5.56 Å². The van der Waals surface area contributed by atoms with Crippen molar-refractivity contribution >= 4 is 5.95 Å². The molecule has 2 N–H and O–H groups in total. The molecule has 0 spiro atoms. The number of aromatic nitrogens is 3. The van der Waals surface area contributed by atoms with Gasteiger partial charge in [-0.1, -0.05) is 30.3 Å². The minimum Gasteiger partial charge on any atom is -0.368 e. The van der Waals surface area contributed by atoms with Gasteiger partial charge in [0.15, 0.2) is 0 Å². The Labute approximate surface area is 109 Å². The molecule has 3 rings (SSSR count). The topological polar surface area (TPSA) is 73.8 Å². The number of nitrogens with zero attached hydrogens (tertiary/aromatic N) is 3. The summed E-state index contributed by atoms with van der Waals surface area (Å²) in [6.45, 7) is 0.633. The highest BCUT2D eigenvalue weighted by molar-refractivity contribution is 5.56. The number of hydrogen-bond acceptors (Lipinski definition) is 4. The summed E-state index contributed by atoms with van der Waals surface area (Å²) in [5.74, 6) is 0.564. The summed E-state index contributed by atoms with van der Waals surface area (Å²) in [5, 5.41) is 0. The minimum atomic E-state index is -0.343. The maximum absolute atomic E-state index is 11.8. The molecular weight excluding hydrogens is 240 g/mol. The molecule has 0 bridgehead atoms. The lowest BCUT2D eigenvalue weighted by atomic mass is 10.2. The highest BCUT2D eigenvalue weighted by atomic mass is 16.1. The van der Waals surface area contributed by atoms with E-state index < -0.39 is 0 Å². The molecule has 5 nitrogen and oxygen atoms in total. The van der Waals surface area contributed by atoms with Crippen LogP contribution in [-0.4, -0.2) is 14.5 Å². The number of nitrogens with two attached hydrogens (primary N) is 1. The highest BCUT2D eigenvalue weighted by Crippen LogP contribution is 2.16. The normalized spacial score (nSPS) is 10.7. The van der Waals surface area contributed by atoms with Gasteiger partial charge in [-0.15, -0.1) is 0 Å². The van der Waals surface area contributed by atoms with E-state index in [9.17, 15) is 4.79 Å². The maximum atomic E-state index is 11.8. The Morgan fingerprint density at radius 1 is 1.05 bits per heavy atom. The van der Waals surface area contributed by atoms with Crippen LogP contribution >= 0.6 is 0 Å². The van der Waals surface area contributed by atoms with E-state index in [2.05, 4.69) is 9.97 Å². The Morgan fingerprint density at radius 2 is 1.84 bits per heavy atom. The van der Waals surface area contributed by atoms with E-state index in [4.69, 9.17) is 5.73 Å². The fourth-order valence-corrected chi connectivity index (χ4v) is 2.04. The Bertz CT molecular complexity index is 736. The second kappa shape index (κ2) is 4.53. The summed E-state index contributed by atoms with van der Waals surface area (Å²) in [4.78, 5) is 19.6. The van der Waals surface area contributed by atoms with Crippen molar-refractivity contribution in [1.29, 1.82) is 0 Å². The average molecular weight is 252 g/mol. The monoisotopic (exact) mass is 252 g/mol. The molecule has 0 fully saturated rings. The van der Waals surface area contributed by atoms with Gasteiger partial charge in [-0.05, 0) is 17.7 Å². The van der Waals surface area contributed by atoms with E-state index in [0.29, 0.717) is 17.9 Å². The lowest BCUT2D eigenvalue weighted by molar-refractivity contribution is 0.776. The molecule has 2 aliphatic heterocycles. The van der Waals surface area contributed by atoms with E-state index >= 15 is 0 Å². The third-order valence-electron chi connectivity index (χ3n) is 2.90. The Balaban J connectivity index is 2.12. The van der Waals surface area contributed by atoms with Crippen LogP contribution in [0, 0.1) is 0 Å². The maximum Gasteiger partial charge on any atom is 0.284 e. The first-order valence-corrected chi connectivity index (χ1v) is 5.90. The molecule has 0 unspecified atom stereocenters. The first-order valence-electron chi connectivity index (χ1n) is 5.90. The van der Waals surface area contributed by atoms with Crippen molar-refractivity contribution in [1.82, 2.24) is 14.5 Å². The number of benzene rings is 1. The summed E-state index contributed by atoms with van der Waals surface area (Å²) < 4.78 is 1.89. The SMILES string of the molecule is Nc1nc2n(Cc3ccccc3)cccc-2c(=O)n1. The smallest absolute Gasteiger partial charge is 0.284 e. The summed E-state index contributed by atoms with van der Waals surface area (Å²) >= 11 is 0. The average Bonchev–Trinajstić information content (AvgIpc) is 2.41. The van der Waals surface area contributed by atoms with Crippen LogP contribution in [0.2, 0.25) is 0 Å². The molecule has 94 valence electrons. The summed E-state index contributed by atoms with van der Waals surface area (Å²) in [6.07, 6.45) is 1.88. The lowest BCUT2D eigenvalue weighted by Crippen LogP contribution is -2.19. The highest BCUT2D eigenvalue weighted by Gasteiger charge is 2.13. The van der Waals surface area contributed by atoms with E-state index in [0.717, 1.165) is 5.56 Å². The fourth-order valence-electron chi connectivity index (χ4n) is 2.04. The summed E-state index contributed by atoms with van der Waals surface area (Å²) in [5.41, 5.74) is 6.82. The molecule has 1 aromatic carbocycles. The van der Waals surface area contributed by atoms with Gasteiger partial charge in [0.1, 0.15) is 5.82 Å². The first kappa shape index (κ1) is 11.4. The van der Waals surface area contributed by atoms with Crippen LogP contribution in [0.25, 0.3) is 11.4 Å². The molecule has 0 saturated carbocycles. The van der Waals surface area contributed by atoms with Gasteiger partial charge in [-0.3, -0.25) is 4.79 Å². The van der Waals surface area contributed by atoms with Crippen molar-refractivity contribution in [2.24, 2.45) is 0 Å². The molecule has 1 aromatic rings. The fraction of sp³-hybridized carbons (Fsp3) is 0.0714.